The highest BCUT2D eigenvalue weighted by Gasteiger charge is 2.33. The highest BCUT2D eigenvalue weighted by Crippen LogP contribution is 2.36. The second-order valence-electron chi connectivity index (χ2n) is 6.98. The lowest BCUT2D eigenvalue weighted by molar-refractivity contribution is 0.0910. The summed E-state index contributed by atoms with van der Waals surface area (Å²) in [6, 6.07) is 4.09. The Hall–Kier alpha value is -1.90. The molecule has 0 radical (unpaired) electrons. The molecular weight excluding hydrogens is 260 g/mol. The van der Waals surface area contributed by atoms with Crippen molar-refractivity contribution in [2.45, 2.75) is 47.1 Å². The van der Waals surface area contributed by atoms with Crippen LogP contribution in [0.25, 0.3) is 0 Å². The number of aryl methyl sites for hydroxylation is 2. The minimum atomic E-state index is 0.0522. The third-order valence-electron chi connectivity index (χ3n) is 4.48. The topological polar surface area (TPSA) is 34.9 Å². The van der Waals surface area contributed by atoms with Crippen LogP contribution in [0.3, 0.4) is 0 Å². The summed E-state index contributed by atoms with van der Waals surface area (Å²) in [7, 11) is 0. The zero-order chi connectivity index (χ0) is 15.2. The van der Waals surface area contributed by atoms with E-state index < -0.39 is 0 Å². The number of hydrogen-bond donors (Lipinski definition) is 0. The second-order valence-corrected chi connectivity index (χ2v) is 6.98. The van der Waals surface area contributed by atoms with Crippen molar-refractivity contribution in [1.29, 1.82) is 0 Å². The quantitative estimate of drug-likeness (QED) is 0.841. The van der Waals surface area contributed by atoms with Gasteiger partial charge in [-0.3, -0.25) is 9.78 Å². The van der Waals surface area contributed by atoms with E-state index in [9.17, 15) is 4.79 Å². The maximum absolute atomic E-state index is 12.4. The van der Waals surface area contributed by atoms with Crippen molar-refractivity contribution >= 4 is 5.78 Å². The number of rotatable bonds is 2. The Morgan fingerprint density at radius 2 is 2.05 bits per heavy atom. The van der Waals surface area contributed by atoms with E-state index in [1.54, 1.807) is 0 Å². The van der Waals surface area contributed by atoms with Crippen molar-refractivity contribution in [1.82, 2.24) is 9.55 Å². The fraction of sp³-hybridized carbons (Fsp3) is 0.444. The predicted molar refractivity (Wildman–Crippen MR) is 83.7 cm³/mol. The van der Waals surface area contributed by atoms with Crippen molar-refractivity contribution < 1.29 is 4.79 Å². The normalized spacial score (nSPS) is 16.9. The number of Topliss-reactive ketones (excluding diaryl/α,β-unsaturated/α-hetero) is 1. The minimum absolute atomic E-state index is 0.0522. The Morgan fingerprint density at radius 1 is 1.29 bits per heavy atom. The van der Waals surface area contributed by atoms with Crippen molar-refractivity contribution in [3.05, 3.63) is 52.6 Å². The predicted octanol–water partition coefficient (Wildman–Crippen LogP) is 3.70. The van der Waals surface area contributed by atoms with Crippen molar-refractivity contribution in [2.75, 3.05) is 0 Å². The largest absolute Gasteiger partial charge is 0.344 e. The zero-order valence-corrected chi connectivity index (χ0v) is 13.2. The summed E-state index contributed by atoms with van der Waals surface area (Å²) < 4.78 is 2.29. The summed E-state index contributed by atoms with van der Waals surface area (Å²) >= 11 is 0. The minimum Gasteiger partial charge on any atom is -0.344 e. The standard InChI is InChI=1S/C18H22N2O/c1-12-5-6-19-10-14(12)11-20-13(2)7-15-16(20)8-18(3,4)9-17(15)21/h5-7,10H,8-9,11H2,1-4H3. The second kappa shape index (κ2) is 4.83. The van der Waals surface area contributed by atoms with Crippen LogP contribution in [-0.2, 0) is 13.0 Å². The van der Waals surface area contributed by atoms with Gasteiger partial charge in [-0.15, -0.1) is 0 Å². The van der Waals surface area contributed by atoms with E-state index in [0.717, 1.165) is 24.2 Å². The molecule has 0 atom stereocenters. The highest BCUT2D eigenvalue weighted by atomic mass is 16.1. The van der Waals surface area contributed by atoms with Gasteiger partial charge in [0.05, 0.1) is 0 Å². The molecule has 3 rings (SSSR count). The van der Waals surface area contributed by atoms with E-state index in [-0.39, 0.29) is 11.2 Å². The van der Waals surface area contributed by atoms with Crippen LogP contribution in [0.4, 0.5) is 0 Å². The van der Waals surface area contributed by atoms with Gasteiger partial charge in [-0.25, -0.2) is 0 Å². The van der Waals surface area contributed by atoms with Crippen LogP contribution >= 0.6 is 0 Å². The van der Waals surface area contributed by atoms with E-state index in [4.69, 9.17) is 0 Å². The average Bonchev–Trinajstić information content (AvgIpc) is 2.69. The summed E-state index contributed by atoms with van der Waals surface area (Å²) in [6.45, 7) is 9.34. The molecule has 0 bridgehead atoms. The van der Waals surface area contributed by atoms with Gasteiger partial charge in [-0.2, -0.15) is 0 Å². The monoisotopic (exact) mass is 282 g/mol. The van der Waals surface area contributed by atoms with Crippen molar-refractivity contribution in [2.24, 2.45) is 5.41 Å². The fourth-order valence-corrected chi connectivity index (χ4v) is 3.26. The first-order valence-electron chi connectivity index (χ1n) is 7.49. The summed E-state index contributed by atoms with van der Waals surface area (Å²) in [6.07, 6.45) is 5.36. The molecule has 1 aliphatic rings. The molecule has 21 heavy (non-hydrogen) atoms. The Labute approximate surface area is 126 Å². The number of aromatic nitrogens is 2. The Balaban J connectivity index is 2.05. The zero-order valence-electron chi connectivity index (χ0n) is 13.2. The van der Waals surface area contributed by atoms with Gasteiger partial charge >= 0.3 is 0 Å². The summed E-state index contributed by atoms with van der Waals surface area (Å²) in [5, 5.41) is 0. The van der Waals surface area contributed by atoms with Crippen molar-refractivity contribution in [3.8, 4) is 0 Å². The molecule has 0 unspecified atom stereocenters. The summed E-state index contributed by atoms with van der Waals surface area (Å²) in [5.74, 6) is 0.283. The third-order valence-corrected chi connectivity index (χ3v) is 4.48. The molecule has 2 aromatic rings. The molecule has 0 saturated heterocycles. The van der Waals surface area contributed by atoms with Crippen LogP contribution in [0.2, 0.25) is 0 Å². The number of pyridine rings is 1. The Morgan fingerprint density at radius 3 is 2.76 bits per heavy atom. The molecule has 0 N–H and O–H groups in total. The lowest BCUT2D eigenvalue weighted by Gasteiger charge is -2.30. The average molecular weight is 282 g/mol. The smallest absolute Gasteiger partial charge is 0.165 e. The van der Waals surface area contributed by atoms with Crippen LogP contribution in [0.1, 0.15) is 53.1 Å². The third kappa shape index (κ3) is 2.53. The fourth-order valence-electron chi connectivity index (χ4n) is 3.26. The number of carbonyl (C=O) groups excluding carboxylic acids is 1. The molecule has 3 nitrogen and oxygen atoms in total. The molecule has 0 fully saturated rings. The number of ketones is 1. The van der Waals surface area contributed by atoms with Gasteiger partial charge in [0, 0.05) is 42.3 Å². The van der Waals surface area contributed by atoms with Crippen LogP contribution in [0, 0.1) is 19.3 Å². The number of nitrogens with zero attached hydrogens (tertiary/aromatic N) is 2. The Kier molecular flexibility index (Phi) is 3.23. The molecule has 0 aliphatic heterocycles. The van der Waals surface area contributed by atoms with Crippen LogP contribution in [-0.4, -0.2) is 15.3 Å². The first kappa shape index (κ1) is 14.1. The van der Waals surface area contributed by atoms with E-state index >= 15 is 0 Å². The number of carbonyl (C=O) groups is 1. The number of fused-ring (bicyclic) bond motifs is 1. The van der Waals surface area contributed by atoms with Gasteiger partial charge in [0.1, 0.15) is 0 Å². The lowest BCUT2D eigenvalue weighted by Crippen LogP contribution is -2.28. The molecule has 2 heterocycles. The maximum atomic E-state index is 12.4. The van der Waals surface area contributed by atoms with Gasteiger partial charge in [0.15, 0.2) is 5.78 Å². The van der Waals surface area contributed by atoms with E-state index in [1.165, 1.54) is 16.8 Å². The first-order valence-corrected chi connectivity index (χ1v) is 7.49. The SMILES string of the molecule is Cc1ccncc1Cn1c(C)cc2c1CC(C)(C)CC2=O. The molecule has 2 aromatic heterocycles. The van der Waals surface area contributed by atoms with E-state index in [2.05, 4.69) is 43.3 Å². The first-order chi connectivity index (χ1) is 9.87. The van der Waals surface area contributed by atoms with E-state index in [0.29, 0.717) is 6.42 Å². The molecule has 0 aromatic carbocycles. The lowest BCUT2D eigenvalue weighted by atomic mass is 9.76. The molecule has 0 spiro atoms. The highest BCUT2D eigenvalue weighted by molar-refractivity contribution is 5.99. The molecule has 3 heteroatoms. The van der Waals surface area contributed by atoms with Crippen LogP contribution in [0.15, 0.2) is 24.5 Å². The molecule has 110 valence electrons. The van der Waals surface area contributed by atoms with Gasteiger partial charge < -0.3 is 4.57 Å². The summed E-state index contributed by atoms with van der Waals surface area (Å²) in [4.78, 5) is 16.6. The Bertz CT molecular complexity index is 710. The van der Waals surface area contributed by atoms with Gasteiger partial charge in [0.25, 0.3) is 0 Å². The molecule has 1 aliphatic carbocycles. The molecule has 0 saturated carbocycles. The van der Waals surface area contributed by atoms with Gasteiger partial charge in [-0.1, -0.05) is 13.8 Å². The number of hydrogen-bond acceptors (Lipinski definition) is 2. The van der Waals surface area contributed by atoms with Crippen molar-refractivity contribution in [3.63, 3.8) is 0 Å². The summed E-state index contributed by atoms with van der Waals surface area (Å²) in [5.41, 5.74) is 5.79. The van der Waals surface area contributed by atoms with Gasteiger partial charge in [0.2, 0.25) is 0 Å². The van der Waals surface area contributed by atoms with Gasteiger partial charge in [-0.05, 0) is 48.9 Å². The molecule has 0 amide bonds. The van der Waals surface area contributed by atoms with Crippen LogP contribution < -0.4 is 0 Å². The maximum Gasteiger partial charge on any atom is 0.165 e. The molecular formula is C18H22N2O. The van der Waals surface area contributed by atoms with E-state index in [1.807, 2.05) is 18.5 Å². The van der Waals surface area contributed by atoms with Crippen LogP contribution in [0.5, 0.6) is 0 Å².